The van der Waals surface area contributed by atoms with E-state index in [1.807, 2.05) is 24.8 Å². The Kier molecular flexibility index (Phi) is 12.2. The Balaban J connectivity index is 0.00000392. The van der Waals surface area contributed by atoms with Crippen molar-refractivity contribution >= 4 is 41.7 Å². The van der Waals surface area contributed by atoms with Gasteiger partial charge in [0.05, 0.1) is 0 Å². The van der Waals surface area contributed by atoms with Gasteiger partial charge in [0.15, 0.2) is 5.96 Å². The fourth-order valence-corrected chi connectivity index (χ4v) is 3.91. The van der Waals surface area contributed by atoms with E-state index in [2.05, 4.69) is 44.2 Å². The second-order valence-electron chi connectivity index (χ2n) is 6.48. The molecule has 1 aliphatic heterocycles. The summed E-state index contributed by atoms with van der Waals surface area (Å²) in [5.41, 5.74) is 0. The molecule has 1 aromatic carbocycles. The van der Waals surface area contributed by atoms with Gasteiger partial charge in [0, 0.05) is 43.4 Å². The van der Waals surface area contributed by atoms with Gasteiger partial charge in [-0.25, -0.2) is 0 Å². The van der Waals surface area contributed by atoms with Crippen LogP contribution in [0.5, 0.6) is 0 Å². The van der Waals surface area contributed by atoms with Crippen LogP contribution in [-0.4, -0.2) is 62.2 Å². The molecule has 0 amide bonds. The maximum Gasteiger partial charge on any atom is 0.411 e. The SMILES string of the molecule is CCNC(=NCCCOCC(F)(F)F)N1CCC(CSc2ccccc2)C1.I. The molecule has 0 saturated carbocycles. The first-order chi connectivity index (χ1) is 13.0. The Bertz CT molecular complexity index is 575. The molecule has 0 spiro atoms. The fourth-order valence-electron chi connectivity index (χ4n) is 2.86. The fraction of sp³-hybridized carbons (Fsp3) is 0.632. The number of guanidine groups is 1. The second kappa shape index (κ2) is 13.5. The Morgan fingerprint density at radius 2 is 2.07 bits per heavy atom. The molecular formula is C19H29F3IN3OS. The zero-order valence-electron chi connectivity index (χ0n) is 16.1. The Morgan fingerprint density at radius 3 is 2.75 bits per heavy atom. The summed E-state index contributed by atoms with van der Waals surface area (Å²) in [5, 5.41) is 3.28. The van der Waals surface area contributed by atoms with Crippen LogP contribution in [0.25, 0.3) is 0 Å². The Morgan fingerprint density at radius 1 is 1.32 bits per heavy atom. The average Bonchev–Trinajstić information content (AvgIpc) is 3.11. The number of aliphatic imine (C=N–C) groups is 1. The van der Waals surface area contributed by atoms with E-state index in [0.29, 0.717) is 18.9 Å². The standard InChI is InChI=1S/C19H28F3N3OS.HI/c1-2-23-18(24-10-6-12-26-15-19(20,21)22)25-11-9-16(13-25)14-27-17-7-4-3-5-8-17;/h3-5,7-8,16H,2,6,9-15H2,1H3,(H,23,24);1H. The number of hydrogen-bond acceptors (Lipinski definition) is 3. The van der Waals surface area contributed by atoms with Crippen molar-refractivity contribution in [1.29, 1.82) is 0 Å². The molecule has 0 radical (unpaired) electrons. The number of nitrogens with one attached hydrogen (secondary N) is 1. The van der Waals surface area contributed by atoms with E-state index in [-0.39, 0.29) is 30.6 Å². The zero-order valence-corrected chi connectivity index (χ0v) is 19.2. The highest BCUT2D eigenvalue weighted by atomic mass is 127. The van der Waals surface area contributed by atoms with Crippen LogP contribution in [0.3, 0.4) is 0 Å². The Labute approximate surface area is 186 Å². The molecule has 1 fully saturated rings. The molecule has 9 heteroatoms. The summed E-state index contributed by atoms with van der Waals surface area (Å²) in [6, 6.07) is 10.4. The van der Waals surface area contributed by atoms with Gasteiger partial charge >= 0.3 is 6.18 Å². The van der Waals surface area contributed by atoms with Crippen molar-refractivity contribution in [2.24, 2.45) is 10.9 Å². The van der Waals surface area contributed by atoms with Crippen LogP contribution >= 0.6 is 35.7 Å². The van der Waals surface area contributed by atoms with Gasteiger partial charge in [-0.05, 0) is 37.8 Å². The quantitative estimate of drug-likeness (QED) is 0.166. The first kappa shape index (κ1) is 25.4. The molecule has 0 aromatic heterocycles. The number of halogens is 4. The lowest BCUT2D eigenvalue weighted by Crippen LogP contribution is -2.40. The monoisotopic (exact) mass is 531 g/mol. The molecule has 2 rings (SSSR count). The maximum absolute atomic E-state index is 12.0. The van der Waals surface area contributed by atoms with Gasteiger partial charge in [0.25, 0.3) is 0 Å². The lowest BCUT2D eigenvalue weighted by molar-refractivity contribution is -0.173. The second-order valence-corrected chi connectivity index (χ2v) is 7.58. The molecule has 1 unspecified atom stereocenters. The van der Waals surface area contributed by atoms with Gasteiger partial charge in [0.1, 0.15) is 6.61 Å². The van der Waals surface area contributed by atoms with E-state index in [4.69, 9.17) is 0 Å². The van der Waals surface area contributed by atoms with Crippen LogP contribution in [0.4, 0.5) is 13.2 Å². The van der Waals surface area contributed by atoms with Gasteiger partial charge < -0.3 is 15.0 Å². The van der Waals surface area contributed by atoms with Crippen molar-refractivity contribution in [2.75, 3.05) is 45.1 Å². The van der Waals surface area contributed by atoms with Gasteiger partial charge in [0.2, 0.25) is 0 Å². The summed E-state index contributed by atoms with van der Waals surface area (Å²) in [5.74, 6) is 2.53. The molecule has 1 aliphatic rings. The first-order valence-corrected chi connectivity index (χ1v) is 10.3. The van der Waals surface area contributed by atoms with Crippen LogP contribution < -0.4 is 5.32 Å². The van der Waals surface area contributed by atoms with Crippen molar-refractivity contribution < 1.29 is 17.9 Å². The van der Waals surface area contributed by atoms with Crippen molar-refractivity contribution in [2.45, 2.75) is 30.8 Å². The van der Waals surface area contributed by atoms with Gasteiger partial charge in [-0.1, -0.05) is 18.2 Å². The minimum Gasteiger partial charge on any atom is -0.372 e. The maximum atomic E-state index is 12.0. The van der Waals surface area contributed by atoms with Crippen LogP contribution in [0.1, 0.15) is 19.8 Å². The third-order valence-corrected chi connectivity index (χ3v) is 5.37. The number of rotatable bonds is 9. The summed E-state index contributed by atoms with van der Waals surface area (Å²) in [6.45, 7) is 4.03. The molecule has 0 bridgehead atoms. The molecule has 1 atom stereocenters. The topological polar surface area (TPSA) is 36.9 Å². The van der Waals surface area contributed by atoms with E-state index in [1.165, 1.54) is 4.90 Å². The number of hydrogen-bond donors (Lipinski definition) is 1. The largest absolute Gasteiger partial charge is 0.411 e. The Hall–Kier alpha value is -0.680. The molecular weight excluding hydrogens is 502 g/mol. The van der Waals surface area contributed by atoms with E-state index in [1.54, 1.807) is 0 Å². The highest BCUT2D eigenvalue weighted by Gasteiger charge is 2.27. The highest BCUT2D eigenvalue weighted by molar-refractivity contribution is 14.0. The summed E-state index contributed by atoms with van der Waals surface area (Å²) >= 11 is 1.88. The van der Waals surface area contributed by atoms with Crippen molar-refractivity contribution in [1.82, 2.24) is 10.2 Å². The average molecular weight is 531 g/mol. The highest BCUT2D eigenvalue weighted by Crippen LogP contribution is 2.25. The minimum absolute atomic E-state index is 0. The normalized spacial score (nSPS) is 17.5. The molecule has 0 aliphatic carbocycles. The van der Waals surface area contributed by atoms with Gasteiger partial charge in [-0.2, -0.15) is 13.2 Å². The number of thioether (sulfide) groups is 1. The van der Waals surface area contributed by atoms with Crippen molar-refractivity contribution in [3.63, 3.8) is 0 Å². The zero-order chi connectivity index (χ0) is 19.5. The summed E-state index contributed by atoms with van der Waals surface area (Å²) in [4.78, 5) is 8.08. The van der Waals surface area contributed by atoms with Crippen LogP contribution in [0.15, 0.2) is 40.2 Å². The van der Waals surface area contributed by atoms with E-state index >= 15 is 0 Å². The third kappa shape index (κ3) is 10.2. The number of ether oxygens (including phenoxy) is 1. The molecule has 1 saturated heterocycles. The van der Waals surface area contributed by atoms with Crippen LogP contribution in [0, 0.1) is 5.92 Å². The van der Waals surface area contributed by atoms with Gasteiger partial charge in [-0.3, -0.25) is 4.99 Å². The van der Waals surface area contributed by atoms with Crippen LogP contribution in [-0.2, 0) is 4.74 Å². The molecule has 1 aromatic rings. The number of alkyl halides is 3. The summed E-state index contributed by atoms with van der Waals surface area (Å²) in [6.07, 6.45) is -2.66. The molecule has 160 valence electrons. The summed E-state index contributed by atoms with van der Waals surface area (Å²) < 4.78 is 40.7. The van der Waals surface area contributed by atoms with Gasteiger partial charge in [-0.15, -0.1) is 35.7 Å². The lowest BCUT2D eigenvalue weighted by atomic mass is 10.2. The molecule has 4 nitrogen and oxygen atoms in total. The molecule has 28 heavy (non-hydrogen) atoms. The molecule has 1 heterocycles. The van der Waals surface area contributed by atoms with Crippen molar-refractivity contribution in [3.8, 4) is 0 Å². The van der Waals surface area contributed by atoms with E-state index < -0.39 is 12.8 Å². The lowest BCUT2D eigenvalue weighted by Gasteiger charge is -2.21. The minimum atomic E-state index is -4.26. The van der Waals surface area contributed by atoms with Crippen LogP contribution in [0.2, 0.25) is 0 Å². The predicted molar refractivity (Wildman–Crippen MR) is 120 cm³/mol. The van der Waals surface area contributed by atoms with E-state index in [0.717, 1.165) is 37.8 Å². The molecule has 1 N–H and O–H groups in total. The van der Waals surface area contributed by atoms with Crippen molar-refractivity contribution in [3.05, 3.63) is 30.3 Å². The summed E-state index contributed by atoms with van der Waals surface area (Å²) in [7, 11) is 0. The smallest absolute Gasteiger partial charge is 0.372 e. The first-order valence-electron chi connectivity index (χ1n) is 9.33. The van der Waals surface area contributed by atoms with E-state index in [9.17, 15) is 13.2 Å². The predicted octanol–water partition coefficient (Wildman–Crippen LogP) is 4.65. The number of likely N-dealkylation sites (tertiary alicyclic amines) is 1. The number of nitrogens with zero attached hydrogens (tertiary/aromatic N) is 2. The third-order valence-electron chi connectivity index (χ3n) is 4.12. The number of benzene rings is 1.